The first kappa shape index (κ1) is 16.8. The summed E-state index contributed by atoms with van der Waals surface area (Å²) in [6, 6.07) is 27.1. The minimum Gasteiger partial charge on any atom is -0.489 e. The van der Waals surface area contributed by atoms with Gasteiger partial charge in [0.05, 0.1) is 6.04 Å². The van der Waals surface area contributed by atoms with Gasteiger partial charge in [0, 0.05) is 5.56 Å². The number of carbonyl (C=O) groups is 1. The molecule has 0 saturated heterocycles. The first-order valence-electron chi connectivity index (χ1n) is 8.35. The second kappa shape index (κ2) is 8.15. The van der Waals surface area contributed by atoms with Gasteiger partial charge in [-0.05, 0) is 42.3 Å². The van der Waals surface area contributed by atoms with E-state index < -0.39 is 0 Å². The molecule has 3 nitrogen and oxygen atoms in total. The van der Waals surface area contributed by atoms with Crippen molar-refractivity contribution in [3.05, 3.63) is 102 Å². The van der Waals surface area contributed by atoms with Gasteiger partial charge >= 0.3 is 0 Å². The molecule has 3 rings (SSSR count). The molecule has 1 atom stereocenters. The van der Waals surface area contributed by atoms with Gasteiger partial charge in [-0.3, -0.25) is 4.79 Å². The lowest BCUT2D eigenvalue weighted by atomic mass is 10.1. The van der Waals surface area contributed by atoms with Crippen LogP contribution in [0.5, 0.6) is 5.75 Å². The summed E-state index contributed by atoms with van der Waals surface area (Å²) >= 11 is 0. The maximum absolute atomic E-state index is 12.4. The van der Waals surface area contributed by atoms with Crippen LogP contribution in [0.2, 0.25) is 0 Å². The molecule has 0 aromatic heterocycles. The third-order valence-electron chi connectivity index (χ3n) is 4.01. The zero-order chi connectivity index (χ0) is 17.5. The van der Waals surface area contributed by atoms with E-state index >= 15 is 0 Å². The van der Waals surface area contributed by atoms with Gasteiger partial charge < -0.3 is 10.1 Å². The van der Waals surface area contributed by atoms with Crippen LogP contribution in [0.15, 0.2) is 84.9 Å². The Morgan fingerprint density at radius 1 is 0.880 bits per heavy atom. The first-order valence-corrected chi connectivity index (χ1v) is 8.35. The molecule has 3 aromatic rings. The van der Waals surface area contributed by atoms with Gasteiger partial charge in [0.2, 0.25) is 0 Å². The first-order chi connectivity index (χ1) is 12.2. The Labute approximate surface area is 148 Å². The van der Waals surface area contributed by atoms with Gasteiger partial charge in [0.15, 0.2) is 0 Å². The second-order valence-electron chi connectivity index (χ2n) is 5.90. The fourth-order valence-corrected chi connectivity index (χ4v) is 2.55. The van der Waals surface area contributed by atoms with E-state index in [1.807, 2.05) is 79.7 Å². The zero-order valence-electron chi connectivity index (χ0n) is 14.2. The molecule has 1 N–H and O–H groups in total. The average molecular weight is 331 g/mol. The number of benzene rings is 3. The molecule has 3 heteroatoms. The number of rotatable bonds is 6. The van der Waals surface area contributed by atoms with Crippen molar-refractivity contribution >= 4 is 5.91 Å². The largest absolute Gasteiger partial charge is 0.489 e. The molecule has 0 aliphatic rings. The summed E-state index contributed by atoms with van der Waals surface area (Å²) in [5, 5.41) is 3.01. The highest BCUT2D eigenvalue weighted by Gasteiger charge is 2.11. The van der Waals surface area contributed by atoms with Crippen LogP contribution in [-0.4, -0.2) is 5.91 Å². The fourth-order valence-electron chi connectivity index (χ4n) is 2.55. The van der Waals surface area contributed by atoms with Gasteiger partial charge in [-0.1, -0.05) is 60.7 Å². The Morgan fingerprint density at radius 2 is 1.48 bits per heavy atom. The molecule has 1 amide bonds. The number of nitrogens with one attached hydrogen (secondary N) is 1. The van der Waals surface area contributed by atoms with E-state index in [1.54, 1.807) is 12.1 Å². The van der Waals surface area contributed by atoms with Gasteiger partial charge in [-0.25, -0.2) is 0 Å². The highest BCUT2D eigenvalue weighted by molar-refractivity contribution is 5.94. The smallest absolute Gasteiger partial charge is 0.251 e. The molecule has 0 aliphatic heterocycles. The molecule has 0 heterocycles. The summed E-state index contributed by atoms with van der Waals surface area (Å²) in [5.74, 6) is 0.655. The maximum atomic E-state index is 12.4. The van der Waals surface area contributed by atoms with Crippen LogP contribution in [0, 0.1) is 0 Å². The van der Waals surface area contributed by atoms with Crippen molar-refractivity contribution in [1.29, 1.82) is 0 Å². The highest BCUT2D eigenvalue weighted by Crippen LogP contribution is 2.16. The molecule has 0 radical (unpaired) electrons. The second-order valence-corrected chi connectivity index (χ2v) is 5.90. The Balaban J connectivity index is 1.57. The summed E-state index contributed by atoms with van der Waals surface area (Å²) in [6.45, 7) is 2.49. The van der Waals surface area contributed by atoms with Crippen LogP contribution in [0.25, 0.3) is 0 Å². The van der Waals surface area contributed by atoms with E-state index in [-0.39, 0.29) is 11.9 Å². The standard InChI is InChI=1S/C22H21NO2/c1-17(19-10-6-3-7-11-19)23-22(24)20-12-14-21(15-13-20)25-16-18-8-4-2-5-9-18/h2-15,17H,16H2,1H3,(H,23,24). The predicted molar refractivity (Wildman–Crippen MR) is 99.5 cm³/mol. The molecule has 25 heavy (non-hydrogen) atoms. The topological polar surface area (TPSA) is 38.3 Å². The molecule has 126 valence electrons. The molecule has 0 spiro atoms. The summed E-state index contributed by atoms with van der Waals surface area (Å²) < 4.78 is 5.75. The molecular weight excluding hydrogens is 310 g/mol. The number of hydrogen-bond acceptors (Lipinski definition) is 2. The molecule has 0 fully saturated rings. The fraction of sp³-hybridized carbons (Fsp3) is 0.136. The van der Waals surface area contributed by atoms with Crippen molar-refractivity contribution in [1.82, 2.24) is 5.32 Å². The van der Waals surface area contributed by atoms with E-state index in [4.69, 9.17) is 4.74 Å². The van der Waals surface area contributed by atoms with Crippen molar-refractivity contribution in [3.8, 4) is 5.75 Å². The predicted octanol–water partition coefficient (Wildman–Crippen LogP) is 4.76. The Hall–Kier alpha value is -3.07. The molecular formula is C22H21NO2. The van der Waals surface area contributed by atoms with E-state index in [0.717, 1.165) is 16.9 Å². The minimum absolute atomic E-state index is 0.0392. The number of amides is 1. The Kier molecular flexibility index (Phi) is 5.47. The molecule has 3 aromatic carbocycles. The van der Waals surface area contributed by atoms with Gasteiger partial charge in [-0.15, -0.1) is 0 Å². The normalized spacial score (nSPS) is 11.6. The van der Waals surface area contributed by atoms with Crippen molar-refractivity contribution in [2.45, 2.75) is 19.6 Å². The SMILES string of the molecule is CC(NC(=O)c1ccc(OCc2ccccc2)cc1)c1ccccc1. The summed E-state index contributed by atoms with van der Waals surface area (Å²) in [4.78, 5) is 12.4. The summed E-state index contributed by atoms with van der Waals surface area (Å²) in [7, 11) is 0. The number of hydrogen-bond donors (Lipinski definition) is 1. The third-order valence-corrected chi connectivity index (χ3v) is 4.01. The highest BCUT2D eigenvalue weighted by atomic mass is 16.5. The van der Waals surface area contributed by atoms with Gasteiger partial charge in [0.1, 0.15) is 12.4 Å². The lowest BCUT2D eigenvalue weighted by Crippen LogP contribution is -2.26. The van der Waals surface area contributed by atoms with Crippen LogP contribution in [0.3, 0.4) is 0 Å². The van der Waals surface area contributed by atoms with Crippen LogP contribution >= 0.6 is 0 Å². The zero-order valence-corrected chi connectivity index (χ0v) is 14.2. The van der Waals surface area contributed by atoms with Crippen molar-refractivity contribution in [2.24, 2.45) is 0 Å². The van der Waals surface area contributed by atoms with Crippen LogP contribution < -0.4 is 10.1 Å². The van der Waals surface area contributed by atoms with Crippen LogP contribution in [-0.2, 0) is 6.61 Å². The van der Waals surface area contributed by atoms with E-state index in [2.05, 4.69) is 5.32 Å². The van der Waals surface area contributed by atoms with Crippen molar-refractivity contribution < 1.29 is 9.53 Å². The maximum Gasteiger partial charge on any atom is 0.251 e. The average Bonchev–Trinajstić information content (AvgIpc) is 2.68. The Bertz CT molecular complexity index is 798. The van der Waals surface area contributed by atoms with Crippen LogP contribution in [0.4, 0.5) is 0 Å². The van der Waals surface area contributed by atoms with Gasteiger partial charge in [0.25, 0.3) is 5.91 Å². The van der Waals surface area contributed by atoms with Crippen molar-refractivity contribution in [3.63, 3.8) is 0 Å². The minimum atomic E-state index is -0.0917. The third kappa shape index (κ3) is 4.70. The molecule has 0 saturated carbocycles. The van der Waals surface area contributed by atoms with E-state index in [1.165, 1.54) is 0 Å². The molecule has 0 aliphatic carbocycles. The monoisotopic (exact) mass is 331 g/mol. The lowest BCUT2D eigenvalue weighted by molar-refractivity contribution is 0.0940. The Morgan fingerprint density at radius 3 is 2.12 bits per heavy atom. The van der Waals surface area contributed by atoms with Crippen LogP contribution in [0.1, 0.15) is 34.5 Å². The lowest BCUT2D eigenvalue weighted by Gasteiger charge is -2.14. The van der Waals surface area contributed by atoms with E-state index in [9.17, 15) is 4.79 Å². The number of carbonyl (C=O) groups excluding carboxylic acids is 1. The van der Waals surface area contributed by atoms with Gasteiger partial charge in [-0.2, -0.15) is 0 Å². The summed E-state index contributed by atoms with van der Waals surface area (Å²) in [5.41, 5.74) is 2.81. The van der Waals surface area contributed by atoms with E-state index in [0.29, 0.717) is 12.2 Å². The van der Waals surface area contributed by atoms with Crippen molar-refractivity contribution in [2.75, 3.05) is 0 Å². The summed E-state index contributed by atoms with van der Waals surface area (Å²) in [6.07, 6.45) is 0. The number of ether oxygens (including phenoxy) is 1. The molecule has 0 bridgehead atoms. The quantitative estimate of drug-likeness (QED) is 0.707. The molecule has 1 unspecified atom stereocenters.